The Morgan fingerprint density at radius 2 is 1.96 bits per heavy atom. The van der Waals surface area contributed by atoms with Gasteiger partial charge in [-0.3, -0.25) is 9.10 Å². The van der Waals surface area contributed by atoms with Crippen molar-refractivity contribution in [3.05, 3.63) is 46.9 Å². The zero-order valence-electron chi connectivity index (χ0n) is 14.4. The molecule has 8 heteroatoms. The highest BCUT2D eigenvalue weighted by atomic mass is 79.9. The molecule has 1 atom stereocenters. The first-order valence-electron chi connectivity index (χ1n) is 8.04. The molecule has 0 fully saturated rings. The van der Waals surface area contributed by atoms with E-state index >= 15 is 0 Å². The zero-order valence-corrected chi connectivity index (χ0v) is 16.8. The quantitative estimate of drug-likeness (QED) is 0.778. The van der Waals surface area contributed by atoms with Gasteiger partial charge in [-0.2, -0.15) is 0 Å². The van der Waals surface area contributed by atoms with Gasteiger partial charge < -0.3 is 10.1 Å². The van der Waals surface area contributed by atoms with Gasteiger partial charge in [-0.25, -0.2) is 8.42 Å². The van der Waals surface area contributed by atoms with Gasteiger partial charge in [-0.15, -0.1) is 0 Å². The van der Waals surface area contributed by atoms with Crippen LogP contribution in [0.3, 0.4) is 0 Å². The normalized spacial score (nSPS) is 15.7. The van der Waals surface area contributed by atoms with Crippen LogP contribution < -0.4 is 9.62 Å². The Morgan fingerprint density at radius 3 is 2.69 bits per heavy atom. The molecule has 3 rings (SSSR count). The maximum atomic E-state index is 13.1. The molecule has 0 unspecified atom stereocenters. The van der Waals surface area contributed by atoms with Crippen molar-refractivity contribution in [1.82, 2.24) is 5.32 Å². The Balaban J connectivity index is 2.02. The van der Waals surface area contributed by atoms with Crippen LogP contribution in [0.2, 0.25) is 0 Å². The number of amides is 1. The van der Waals surface area contributed by atoms with Crippen LogP contribution in [0.5, 0.6) is 0 Å². The maximum Gasteiger partial charge on any atom is 0.265 e. The number of benzene rings is 2. The second-order valence-electron chi connectivity index (χ2n) is 6.09. The molecule has 0 aromatic heterocycles. The number of carbonyl (C=O) groups excluding carboxylic acids is 1. The summed E-state index contributed by atoms with van der Waals surface area (Å²) in [4.78, 5) is 12.6. The number of anilines is 1. The number of sulfonamides is 1. The minimum atomic E-state index is -3.83. The van der Waals surface area contributed by atoms with Gasteiger partial charge in [0, 0.05) is 28.8 Å². The van der Waals surface area contributed by atoms with Gasteiger partial charge >= 0.3 is 0 Å². The number of methoxy groups -OCH3 is 1. The predicted molar refractivity (Wildman–Crippen MR) is 104 cm³/mol. The van der Waals surface area contributed by atoms with Crippen LogP contribution in [-0.4, -0.2) is 40.6 Å². The van der Waals surface area contributed by atoms with E-state index < -0.39 is 10.0 Å². The average molecular weight is 439 g/mol. The first-order valence-corrected chi connectivity index (χ1v) is 10.3. The summed E-state index contributed by atoms with van der Waals surface area (Å²) in [6, 6.07) is 11.9. The summed E-state index contributed by atoms with van der Waals surface area (Å²) in [5, 5.41) is 2.75. The van der Waals surface area contributed by atoms with Crippen molar-refractivity contribution in [2.75, 3.05) is 24.6 Å². The number of fused-ring (bicyclic) bond motifs is 3. The third-order valence-electron chi connectivity index (χ3n) is 4.08. The summed E-state index contributed by atoms with van der Waals surface area (Å²) in [5.74, 6) is -0.383. The summed E-state index contributed by atoms with van der Waals surface area (Å²) in [6.07, 6.45) is 0. The number of hydrogen-bond acceptors (Lipinski definition) is 4. The Labute approximate surface area is 161 Å². The van der Waals surface area contributed by atoms with E-state index in [9.17, 15) is 13.2 Å². The number of ether oxygens (including phenoxy) is 1. The highest BCUT2D eigenvalue weighted by Gasteiger charge is 2.36. The lowest BCUT2D eigenvalue weighted by Crippen LogP contribution is -2.45. The average Bonchev–Trinajstić information content (AvgIpc) is 2.59. The molecule has 0 radical (unpaired) electrons. The van der Waals surface area contributed by atoms with Crippen molar-refractivity contribution in [3.63, 3.8) is 0 Å². The molecular formula is C18H19BrN2O4S. The lowest BCUT2D eigenvalue weighted by atomic mass is 10.0. The van der Waals surface area contributed by atoms with Gasteiger partial charge in [0.15, 0.2) is 0 Å². The molecular weight excluding hydrogens is 420 g/mol. The molecule has 2 aromatic carbocycles. The number of carbonyl (C=O) groups is 1. The van der Waals surface area contributed by atoms with Crippen LogP contribution in [-0.2, 0) is 19.6 Å². The standard InChI is InChI=1S/C18H19BrN2O4S/c1-12(11-25-2)20-18(22)10-21-16-8-7-13(19)9-15(16)14-5-3-4-6-17(14)26(21,23)24/h3-9,12H,10-11H2,1-2H3,(H,20,22)/t12-/m1/s1. The molecule has 0 saturated carbocycles. The summed E-state index contributed by atoms with van der Waals surface area (Å²) < 4.78 is 33.2. The second kappa shape index (κ2) is 7.38. The van der Waals surface area contributed by atoms with E-state index in [1.54, 1.807) is 50.4 Å². The van der Waals surface area contributed by atoms with E-state index in [4.69, 9.17) is 4.74 Å². The van der Waals surface area contributed by atoms with Gasteiger partial charge in [-0.1, -0.05) is 34.1 Å². The summed E-state index contributed by atoms with van der Waals surface area (Å²) >= 11 is 3.43. The van der Waals surface area contributed by atoms with Crippen LogP contribution in [0.4, 0.5) is 5.69 Å². The summed E-state index contributed by atoms with van der Waals surface area (Å²) in [5.41, 5.74) is 1.89. The van der Waals surface area contributed by atoms with Crippen LogP contribution in [0.1, 0.15) is 6.92 Å². The molecule has 1 aliphatic heterocycles. The maximum absolute atomic E-state index is 13.1. The lowest BCUT2D eigenvalue weighted by Gasteiger charge is -2.32. The van der Waals surface area contributed by atoms with Crippen molar-refractivity contribution in [2.24, 2.45) is 0 Å². The first-order chi connectivity index (χ1) is 12.3. The number of nitrogens with zero attached hydrogens (tertiary/aromatic N) is 1. The van der Waals surface area contributed by atoms with E-state index in [1.807, 2.05) is 6.07 Å². The smallest absolute Gasteiger partial charge is 0.265 e. The lowest BCUT2D eigenvalue weighted by molar-refractivity contribution is -0.120. The Bertz CT molecular complexity index is 946. The van der Waals surface area contributed by atoms with Gasteiger partial charge in [-0.05, 0) is 31.2 Å². The van der Waals surface area contributed by atoms with E-state index in [0.29, 0.717) is 17.9 Å². The van der Waals surface area contributed by atoms with Crippen LogP contribution in [0.25, 0.3) is 11.1 Å². The molecule has 1 N–H and O–H groups in total. The topological polar surface area (TPSA) is 75.7 Å². The molecule has 0 aliphatic carbocycles. The molecule has 0 spiro atoms. The fourth-order valence-electron chi connectivity index (χ4n) is 3.02. The number of rotatable bonds is 5. The second-order valence-corrected chi connectivity index (χ2v) is 8.84. The predicted octanol–water partition coefficient (Wildman–Crippen LogP) is 2.78. The van der Waals surface area contributed by atoms with Gasteiger partial charge in [0.25, 0.3) is 10.0 Å². The monoisotopic (exact) mass is 438 g/mol. The van der Waals surface area contributed by atoms with E-state index in [-0.39, 0.29) is 23.4 Å². The third-order valence-corrected chi connectivity index (χ3v) is 6.39. The molecule has 1 amide bonds. The van der Waals surface area contributed by atoms with Gasteiger partial charge in [0.05, 0.1) is 17.2 Å². The van der Waals surface area contributed by atoms with Crippen molar-refractivity contribution in [1.29, 1.82) is 0 Å². The highest BCUT2D eigenvalue weighted by Crippen LogP contribution is 2.43. The highest BCUT2D eigenvalue weighted by molar-refractivity contribution is 9.10. The minimum Gasteiger partial charge on any atom is -0.383 e. The van der Waals surface area contributed by atoms with E-state index in [0.717, 1.165) is 14.3 Å². The van der Waals surface area contributed by atoms with E-state index in [2.05, 4.69) is 21.2 Å². The van der Waals surface area contributed by atoms with Crippen molar-refractivity contribution in [3.8, 4) is 11.1 Å². The van der Waals surface area contributed by atoms with Crippen LogP contribution in [0.15, 0.2) is 51.8 Å². The molecule has 2 aromatic rings. The Morgan fingerprint density at radius 1 is 1.23 bits per heavy atom. The summed E-state index contributed by atoms with van der Waals surface area (Å²) in [6.45, 7) is 1.86. The molecule has 26 heavy (non-hydrogen) atoms. The fraction of sp³-hybridized carbons (Fsp3) is 0.278. The van der Waals surface area contributed by atoms with Crippen molar-refractivity contribution < 1.29 is 17.9 Å². The molecule has 1 aliphatic rings. The van der Waals surface area contributed by atoms with Gasteiger partial charge in [0.1, 0.15) is 6.54 Å². The largest absolute Gasteiger partial charge is 0.383 e. The molecule has 138 valence electrons. The van der Waals surface area contributed by atoms with Crippen molar-refractivity contribution in [2.45, 2.75) is 17.9 Å². The molecule has 1 heterocycles. The van der Waals surface area contributed by atoms with E-state index in [1.165, 1.54) is 0 Å². The summed E-state index contributed by atoms with van der Waals surface area (Å²) in [7, 11) is -2.28. The zero-order chi connectivity index (χ0) is 18.9. The fourth-order valence-corrected chi connectivity index (χ4v) is 5.03. The Hall–Kier alpha value is -1.90. The molecule has 0 saturated heterocycles. The minimum absolute atomic E-state index is 0.198. The SMILES string of the molecule is COC[C@@H](C)NC(=O)CN1c2ccc(Br)cc2-c2ccccc2S1(=O)=O. The van der Waals surface area contributed by atoms with Crippen molar-refractivity contribution >= 4 is 37.5 Å². The Kier molecular flexibility index (Phi) is 5.36. The van der Waals surface area contributed by atoms with Crippen LogP contribution in [0, 0.1) is 0 Å². The number of nitrogens with one attached hydrogen (secondary N) is 1. The van der Waals surface area contributed by atoms with Crippen LogP contribution >= 0.6 is 15.9 Å². The third kappa shape index (κ3) is 3.49. The van der Waals surface area contributed by atoms with Gasteiger partial charge in [0.2, 0.25) is 5.91 Å². The molecule has 0 bridgehead atoms. The number of hydrogen-bond donors (Lipinski definition) is 1. The number of halogens is 1. The first kappa shape index (κ1) is 18.9. The molecule has 6 nitrogen and oxygen atoms in total.